The minimum atomic E-state index is -4.49. The topological polar surface area (TPSA) is 24.5 Å². The maximum Gasteiger partial charge on any atom is 0.461 e. The molecule has 1 heterocycles. The summed E-state index contributed by atoms with van der Waals surface area (Å²) in [6.45, 7) is 5.12. The molecule has 1 saturated heterocycles. The molecule has 140 valence electrons. The van der Waals surface area contributed by atoms with Gasteiger partial charge in [0, 0.05) is 37.8 Å². The van der Waals surface area contributed by atoms with E-state index in [1.54, 1.807) is 12.1 Å². The number of benzene rings is 1. The van der Waals surface area contributed by atoms with E-state index in [4.69, 9.17) is 0 Å². The molecular weight excluding hydrogens is 371 g/mol. The molecule has 1 N–H and O–H groups in total. The summed E-state index contributed by atoms with van der Waals surface area (Å²) in [5.41, 5.74) is 0.521. The van der Waals surface area contributed by atoms with Gasteiger partial charge in [-0.2, -0.15) is 17.6 Å². The molecule has 9 heteroatoms. The van der Waals surface area contributed by atoms with Gasteiger partial charge in [0.05, 0.1) is 0 Å². The zero-order chi connectivity index (χ0) is 16.2. The largest absolute Gasteiger partial charge is 0.461 e. The van der Waals surface area contributed by atoms with Crippen LogP contribution >= 0.6 is 24.8 Å². The van der Waals surface area contributed by atoms with Gasteiger partial charge < -0.3 is 10.1 Å². The lowest BCUT2D eigenvalue weighted by atomic mass is 10.0. The second-order valence-corrected chi connectivity index (χ2v) is 5.21. The van der Waals surface area contributed by atoms with Crippen molar-refractivity contribution in [2.24, 2.45) is 0 Å². The highest BCUT2D eigenvalue weighted by Crippen LogP contribution is 2.36. The summed E-state index contributed by atoms with van der Waals surface area (Å²) in [5, 5.41) is 3.22. The number of ether oxygens (including phenoxy) is 1. The molecule has 0 amide bonds. The highest BCUT2D eigenvalue weighted by atomic mass is 35.5. The molecule has 1 aliphatic rings. The Morgan fingerprint density at radius 3 is 2.29 bits per heavy atom. The van der Waals surface area contributed by atoms with Crippen LogP contribution in [0.2, 0.25) is 0 Å². The maximum absolute atomic E-state index is 13.2. The van der Waals surface area contributed by atoms with Crippen LogP contribution < -0.4 is 10.1 Å². The Kier molecular flexibility index (Phi) is 9.96. The average molecular weight is 393 g/mol. The molecule has 1 fully saturated rings. The average Bonchev–Trinajstić information content (AvgIpc) is 2.50. The number of piperazine rings is 1. The molecule has 1 aliphatic heterocycles. The molecule has 1 aromatic rings. The first-order chi connectivity index (χ1) is 10.5. The molecule has 1 aromatic carbocycles. The monoisotopic (exact) mass is 392 g/mol. The van der Waals surface area contributed by atoms with Gasteiger partial charge in [-0.15, -0.1) is 24.8 Å². The van der Waals surface area contributed by atoms with Crippen LogP contribution in [-0.2, 0) is 0 Å². The van der Waals surface area contributed by atoms with Crippen LogP contribution in [0.5, 0.6) is 5.75 Å². The van der Waals surface area contributed by atoms with Crippen molar-refractivity contribution in [2.75, 3.05) is 26.2 Å². The molecular formula is C15H22Cl2F4N2O. The molecule has 24 heavy (non-hydrogen) atoms. The molecule has 0 aliphatic carbocycles. The van der Waals surface area contributed by atoms with Crippen molar-refractivity contribution in [3.8, 4) is 5.75 Å². The second-order valence-electron chi connectivity index (χ2n) is 5.21. The van der Waals surface area contributed by atoms with Crippen molar-refractivity contribution >= 4 is 24.8 Å². The number of rotatable bonds is 6. The number of hydrogen-bond donors (Lipinski definition) is 1. The van der Waals surface area contributed by atoms with E-state index < -0.39 is 12.5 Å². The molecule has 2 rings (SSSR count). The number of alkyl halides is 4. The van der Waals surface area contributed by atoms with Gasteiger partial charge in [-0.1, -0.05) is 25.1 Å². The minimum absolute atomic E-state index is 0. The van der Waals surface area contributed by atoms with E-state index in [0.717, 1.165) is 26.2 Å². The lowest BCUT2D eigenvalue weighted by Gasteiger charge is -2.35. The summed E-state index contributed by atoms with van der Waals surface area (Å²) in [6.07, 6.45) is -7.67. The molecule has 0 radical (unpaired) electrons. The van der Waals surface area contributed by atoms with Crippen molar-refractivity contribution < 1.29 is 22.3 Å². The van der Waals surface area contributed by atoms with Crippen LogP contribution in [0.1, 0.15) is 24.9 Å². The summed E-state index contributed by atoms with van der Waals surface area (Å²) >= 11 is 0. The number of halogens is 6. The molecule has 0 saturated carbocycles. The molecule has 3 nitrogen and oxygen atoms in total. The van der Waals surface area contributed by atoms with Crippen molar-refractivity contribution in [1.29, 1.82) is 0 Å². The fraction of sp³-hybridized carbons (Fsp3) is 0.600. The van der Waals surface area contributed by atoms with Crippen LogP contribution in [0.25, 0.3) is 0 Å². The standard InChI is InChI=1S/C15H20F4N2O.2ClH/c1-2-12(21-9-7-20-8-10-21)11-5-3-4-6-13(11)22-15(18,19)14(16)17;;/h3-6,12,14,20H,2,7-10H2,1H3;2*1H/t12-;;/m0../s1. The van der Waals surface area contributed by atoms with E-state index in [1.807, 2.05) is 6.92 Å². The summed E-state index contributed by atoms with van der Waals surface area (Å²) in [4.78, 5) is 2.15. The Morgan fingerprint density at radius 2 is 1.75 bits per heavy atom. The van der Waals surface area contributed by atoms with Gasteiger partial charge in [-0.25, -0.2) is 0 Å². The summed E-state index contributed by atoms with van der Waals surface area (Å²) in [5.74, 6) is -0.182. The molecule has 1 atom stereocenters. The van der Waals surface area contributed by atoms with Crippen molar-refractivity contribution in [2.45, 2.75) is 31.9 Å². The van der Waals surface area contributed by atoms with Gasteiger partial charge in [0.1, 0.15) is 5.75 Å². The number of nitrogens with zero attached hydrogens (tertiary/aromatic N) is 1. The number of hydrogen-bond acceptors (Lipinski definition) is 3. The molecule has 0 unspecified atom stereocenters. The number of nitrogens with one attached hydrogen (secondary N) is 1. The smallest absolute Gasteiger partial charge is 0.428 e. The van der Waals surface area contributed by atoms with E-state index in [9.17, 15) is 17.6 Å². The number of para-hydroxylation sites is 1. The molecule has 0 spiro atoms. The van der Waals surface area contributed by atoms with Crippen LogP contribution in [0.15, 0.2) is 24.3 Å². The van der Waals surface area contributed by atoms with E-state index in [1.165, 1.54) is 12.1 Å². The fourth-order valence-corrected chi connectivity index (χ4v) is 2.71. The third-order valence-electron chi connectivity index (χ3n) is 3.76. The molecule has 0 aromatic heterocycles. The van der Waals surface area contributed by atoms with Gasteiger partial charge in [-0.3, -0.25) is 4.90 Å². The van der Waals surface area contributed by atoms with Crippen LogP contribution in [0.3, 0.4) is 0 Å². The Morgan fingerprint density at radius 1 is 1.17 bits per heavy atom. The minimum Gasteiger partial charge on any atom is -0.428 e. The third-order valence-corrected chi connectivity index (χ3v) is 3.76. The lowest BCUT2D eigenvalue weighted by molar-refractivity contribution is -0.253. The van der Waals surface area contributed by atoms with Crippen molar-refractivity contribution in [3.63, 3.8) is 0 Å². The third kappa shape index (κ3) is 5.65. The van der Waals surface area contributed by atoms with E-state index in [0.29, 0.717) is 12.0 Å². The highest BCUT2D eigenvalue weighted by molar-refractivity contribution is 5.85. The van der Waals surface area contributed by atoms with Crippen LogP contribution in [0.4, 0.5) is 17.6 Å². The lowest BCUT2D eigenvalue weighted by Crippen LogP contribution is -2.45. The Bertz CT molecular complexity index is 488. The van der Waals surface area contributed by atoms with E-state index >= 15 is 0 Å². The van der Waals surface area contributed by atoms with Crippen LogP contribution in [-0.4, -0.2) is 43.6 Å². The van der Waals surface area contributed by atoms with E-state index in [2.05, 4.69) is 15.0 Å². The van der Waals surface area contributed by atoms with Gasteiger partial charge in [0.2, 0.25) is 0 Å². The van der Waals surface area contributed by atoms with Crippen molar-refractivity contribution in [1.82, 2.24) is 10.2 Å². The Hall–Kier alpha value is -0.760. The predicted molar refractivity (Wildman–Crippen MR) is 90.0 cm³/mol. The Labute approximate surface area is 151 Å². The van der Waals surface area contributed by atoms with E-state index in [-0.39, 0.29) is 36.6 Å². The summed E-state index contributed by atoms with van der Waals surface area (Å²) < 4.78 is 55.5. The fourth-order valence-electron chi connectivity index (χ4n) is 2.71. The second kappa shape index (κ2) is 10.3. The zero-order valence-corrected chi connectivity index (χ0v) is 14.8. The quantitative estimate of drug-likeness (QED) is 0.736. The molecule has 0 bridgehead atoms. The first-order valence-corrected chi connectivity index (χ1v) is 7.34. The highest BCUT2D eigenvalue weighted by Gasteiger charge is 2.44. The van der Waals surface area contributed by atoms with Gasteiger partial charge in [0.25, 0.3) is 0 Å². The van der Waals surface area contributed by atoms with Gasteiger partial charge in [0.15, 0.2) is 0 Å². The summed E-state index contributed by atoms with van der Waals surface area (Å²) in [6, 6.07) is 6.05. The Balaban J connectivity index is 0.00000264. The summed E-state index contributed by atoms with van der Waals surface area (Å²) in [7, 11) is 0. The first-order valence-electron chi connectivity index (χ1n) is 7.34. The normalized spacial score (nSPS) is 16.9. The maximum atomic E-state index is 13.2. The van der Waals surface area contributed by atoms with Crippen molar-refractivity contribution in [3.05, 3.63) is 29.8 Å². The first kappa shape index (κ1) is 23.2. The predicted octanol–water partition coefficient (Wildman–Crippen LogP) is 4.12. The SMILES string of the molecule is CC[C@@H](c1ccccc1OC(F)(F)C(F)F)N1CCNCC1.Cl.Cl. The van der Waals surface area contributed by atoms with Crippen LogP contribution in [0, 0.1) is 0 Å². The van der Waals surface area contributed by atoms with Gasteiger partial charge in [-0.05, 0) is 12.5 Å². The zero-order valence-electron chi connectivity index (χ0n) is 13.2. The van der Waals surface area contributed by atoms with Gasteiger partial charge >= 0.3 is 12.5 Å².